The summed E-state index contributed by atoms with van der Waals surface area (Å²) in [6.45, 7) is 8.95. The van der Waals surface area contributed by atoms with E-state index in [1.54, 1.807) is 13.8 Å². The third-order valence-electron chi connectivity index (χ3n) is 2.98. The van der Waals surface area contributed by atoms with Crippen LogP contribution >= 0.6 is 0 Å². The lowest BCUT2D eigenvalue weighted by molar-refractivity contribution is 0.0760. The number of benzene rings is 1. The zero-order valence-electron chi connectivity index (χ0n) is 10.9. The average Bonchev–Trinajstić information content (AvgIpc) is 2.26. The third-order valence-corrected chi connectivity index (χ3v) is 2.98. The Hall–Kier alpha value is -1.22. The van der Waals surface area contributed by atoms with E-state index in [1.807, 2.05) is 12.1 Å². The Bertz CT molecular complexity index is 416. The van der Waals surface area contributed by atoms with Crippen LogP contribution in [0.2, 0.25) is 0 Å². The molecule has 3 nitrogen and oxygen atoms in total. The number of rotatable bonds is 2. The molecular weight excluding hydrogens is 216 g/mol. The molecule has 0 spiro atoms. The van der Waals surface area contributed by atoms with E-state index in [9.17, 15) is 5.11 Å². The predicted octanol–water partition coefficient (Wildman–Crippen LogP) is 2.81. The molecule has 1 heterocycles. The van der Waals surface area contributed by atoms with Crippen molar-refractivity contribution in [3.8, 4) is 11.5 Å². The van der Waals surface area contributed by atoms with Gasteiger partial charge in [0, 0.05) is 5.56 Å². The highest BCUT2D eigenvalue weighted by Crippen LogP contribution is 2.42. The van der Waals surface area contributed by atoms with Crippen molar-refractivity contribution in [1.29, 1.82) is 0 Å². The minimum atomic E-state index is -0.866. The van der Waals surface area contributed by atoms with Crippen molar-refractivity contribution in [2.75, 3.05) is 13.2 Å². The van der Waals surface area contributed by atoms with Crippen LogP contribution in [-0.4, -0.2) is 18.3 Å². The van der Waals surface area contributed by atoms with Crippen molar-refractivity contribution in [3.63, 3.8) is 0 Å². The minimum absolute atomic E-state index is 0.285. The molecule has 0 saturated heterocycles. The fourth-order valence-corrected chi connectivity index (χ4v) is 2.24. The zero-order valence-corrected chi connectivity index (χ0v) is 10.9. The van der Waals surface area contributed by atoms with Gasteiger partial charge in [-0.15, -0.1) is 0 Å². The molecule has 1 N–H and O–H groups in total. The fourth-order valence-electron chi connectivity index (χ4n) is 2.24. The van der Waals surface area contributed by atoms with Gasteiger partial charge < -0.3 is 14.6 Å². The van der Waals surface area contributed by atoms with Gasteiger partial charge in [-0.1, -0.05) is 19.9 Å². The Morgan fingerprint density at radius 2 is 1.82 bits per heavy atom. The smallest absolute Gasteiger partial charge is 0.165 e. The lowest BCUT2D eigenvalue weighted by Crippen LogP contribution is -2.22. The Kier molecular flexibility index (Phi) is 3.04. The summed E-state index contributed by atoms with van der Waals surface area (Å²) < 4.78 is 11.3. The summed E-state index contributed by atoms with van der Waals surface area (Å²) in [5.41, 5.74) is 1.10. The number of fused-ring (bicyclic) bond motifs is 1. The van der Waals surface area contributed by atoms with Gasteiger partial charge in [-0.3, -0.25) is 0 Å². The van der Waals surface area contributed by atoms with E-state index in [2.05, 4.69) is 13.8 Å². The molecule has 0 radical (unpaired) electrons. The molecule has 2 rings (SSSR count). The first kappa shape index (κ1) is 12.2. The molecule has 1 aromatic rings. The summed E-state index contributed by atoms with van der Waals surface area (Å²) in [5, 5.41) is 10.2. The molecule has 0 atom stereocenters. The number of hydrogen-bond acceptors (Lipinski definition) is 3. The summed E-state index contributed by atoms with van der Waals surface area (Å²) in [6.07, 6.45) is 0. The van der Waals surface area contributed by atoms with E-state index >= 15 is 0 Å². The molecule has 0 fully saturated rings. The quantitative estimate of drug-likeness (QED) is 0.858. The van der Waals surface area contributed by atoms with Gasteiger partial charge >= 0.3 is 0 Å². The van der Waals surface area contributed by atoms with Crippen LogP contribution in [0.3, 0.4) is 0 Å². The molecule has 0 aliphatic carbocycles. The summed E-state index contributed by atoms with van der Waals surface area (Å²) >= 11 is 0. The van der Waals surface area contributed by atoms with Crippen LogP contribution in [0.5, 0.6) is 11.5 Å². The number of hydrogen-bond donors (Lipinski definition) is 1. The van der Waals surface area contributed by atoms with Crippen molar-refractivity contribution in [1.82, 2.24) is 0 Å². The lowest BCUT2D eigenvalue weighted by Gasteiger charge is -2.29. The van der Waals surface area contributed by atoms with Crippen LogP contribution in [0.25, 0.3) is 0 Å². The third kappa shape index (κ3) is 2.25. The molecule has 0 amide bonds. The van der Waals surface area contributed by atoms with Gasteiger partial charge in [-0.25, -0.2) is 0 Å². The van der Waals surface area contributed by atoms with Crippen molar-refractivity contribution in [2.24, 2.45) is 0 Å². The minimum Gasteiger partial charge on any atom is -0.486 e. The van der Waals surface area contributed by atoms with Crippen LogP contribution in [0.4, 0.5) is 0 Å². The molecule has 0 bridgehead atoms. The average molecular weight is 236 g/mol. The molecule has 0 saturated carbocycles. The molecule has 1 aliphatic rings. The van der Waals surface area contributed by atoms with Gasteiger partial charge in [0.2, 0.25) is 0 Å². The first-order valence-electron chi connectivity index (χ1n) is 6.06. The first-order chi connectivity index (χ1) is 7.91. The van der Waals surface area contributed by atoms with Gasteiger partial charge in [0.05, 0.1) is 5.60 Å². The number of ether oxygens (including phenoxy) is 2. The normalized spacial score (nSPS) is 15.2. The van der Waals surface area contributed by atoms with E-state index in [0.29, 0.717) is 13.2 Å². The molecule has 3 heteroatoms. The summed E-state index contributed by atoms with van der Waals surface area (Å²) in [6, 6.07) is 3.82. The van der Waals surface area contributed by atoms with Crippen LogP contribution in [0.15, 0.2) is 12.1 Å². The molecule has 0 aromatic heterocycles. The summed E-state index contributed by atoms with van der Waals surface area (Å²) in [4.78, 5) is 0. The van der Waals surface area contributed by atoms with Crippen molar-refractivity contribution >= 4 is 0 Å². The standard InChI is InChI=1S/C14H20O3/c1-9(2)12-10(14(3,4)15)5-6-11-13(12)17-8-7-16-11/h5-6,9,15H,7-8H2,1-4H3. The van der Waals surface area contributed by atoms with Gasteiger partial charge in [0.25, 0.3) is 0 Å². The van der Waals surface area contributed by atoms with Crippen molar-refractivity contribution in [2.45, 2.75) is 39.2 Å². The van der Waals surface area contributed by atoms with Gasteiger partial charge in [-0.05, 0) is 31.4 Å². The second-order valence-electron chi connectivity index (χ2n) is 5.26. The highest BCUT2D eigenvalue weighted by atomic mass is 16.6. The predicted molar refractivity (Wildman–Crippen MR) is 66.8 cm³/mol. The highest BCUT2D eigenvalue weighted by molar-refractivity contribution is 5.54. The van der Waals surface area contributed by atoms with E-state index in [0.717, 1.165) is 22.6 Å². The van der Waals surface area contributed by atoms with Gasteiger partial charge in [0.1, 0.15) is 13.2 Å². The molecule has 17 heavy (non-hydrogen) atoms. The first-order valence-corrected chi connectivity index (χ1v) is 6.06. The monoisotopic (exact) mass is 236 g/mol. The highest BCUT2D eigenvalue weighted by Gasteiger charge is 2.27. The Morgan fingerprint density at radius 1 is 1.18 bits per heavy atom. The van der Waals surface area contributed by atoms with Crippen molar-refractivity contribution in [3.05, 3.63) is 23.3 Å². The SMILES string of the molecule is CC(C)c1c(C(C)(C)O)ccc2c1OCCO2. The largest absolute Gasteiger partial charge is 0.486 e. The second-order valence-corrected chi connectivity index (χ2v) is 5.26. The maximum Gasteiger partial charge on any atom is 0.165 e. The maximum absolute atomic E-state index is 10.2. The van der Waals surface area contributed by atoms with Crippen molar-refractivity contribution < 1.29 is 14.6 Å². The lowest BCUT2D eigenvalue weighted by atomic mass is 9.87. The van der Waals surface area contributed by atoms with E-state index in [-0.39, 0.29) is 5.92 Å². The Labute approximate surface area is 102 Å². The topological polar surface area (TPSA) is 38.7 Å². The number of aliphatic hydroxyl groups is 1. The van der Waals surface area contributed by atoms with Gasteiger partial charge in [0.15, 0.2) is 11.5 Å². The molecule has 1 aliphatic heterocycles. The fraction of sp³-hybridized carbons (Fsp3) is 0.571. The van der Waals surface area contributed by atoms with Crippen LogP contribution in [0, 0.1) is 0 Å². The Balaban J connectivity index is 2.62. The summed E-state index contributed by atoms with van der Waals surface area (Å²) in [5.74, 6) is 1.87. The molecular formula is C14H20O3. The van der Waals surface area contributed by atoms with E-state index in [1.165, 1.54) is 0 Å². The van der Waals surface area contributed by atoms with E-state index < -0.39 is 5.60 Å². The maximum atomic E-state index is 10.2. The Morgan fingerprint density at radius 3 is 2.41 bits per heavy atom. The van der Waals surface area contributed by atoms with Gasteiger partial charge in [-0.2, -0.15) is 0 Å². The van der Waals surface area contributed by atoms with Crippen LogP contribution in [0.1, 0.15) is 44.7 Å². The zero-order chi connectivity index (χ0) is 12.6. The molecule has 1 aromatic carbocycles. The summed E-state index contributed by atoms with van der Waals surface area (Å²) in [7, 11) is 0. The van der Waals surface area contributed by atoms with Crippen LogP contribution < -0.4 is 9.47 Å². The van der Waals surface area contributed by atoms with Crippen LogP contribution in [-0.2, 0) is 5.60 Å². The molecule has 0 unspecified atom stereocenters. The molecule has 94 valence electrons. The van der Waals surface area contributed by atoms with E-state index in [4.69, 9.17) is 9.47 Å². The second kappa shape index (κ2) is 4.22.